The van der Waals surface area contributed by atoms with E-state index in [9.17, 15) is 0 Å². The normalized spacial score (nSPS) is 24.9. The van der Waals surface area contributed by atoms with Crippen molar-refractivity contribution >= 4 is 0 Å². The van der Waals surface area contributed by atoms with Crippen LogP contribution in [0.5, 0.6) is 0 Å². The molecule has 1 fully saturated rings. The molecule has 1 atom stereocenters. The van der Waals surface area contributed by atoms with Gasteiger partial charge in [0.25, 0.3) is 0 Å². The fourth-order valence-corrected chi connectivity index (χ4v) is 1.83. The largest absolute Gasteiger partial charge is 0.373 e. The van der Waals surface area contributed by atoms with E-state index in [0.29, 0.717) is 5.92 Å². The Morgan fingerprint density at radius 2 is 2.21 bits per heavy atom. The average Bonchev–Trinajstić information content (AvgIpc) is 2.12. The quantitative estimate of drug-likeness (QED) is 0.738. The van der Waals surface area contributed by atoms with E-state index in [1.807, 2.05) is 0 Å². The highest BCUT2D eigenvalue weighted by Crippen LogP contribution is 2.17. The minimum absolute atomic E-state index is 0.0319. The van der Waals surface area contributed by atoms with Gasteiger partial charge in [0.2, 0.25) is 0 Å². The summed E-state index contributed by atoms with van der Waals surface area (Å²) in [6.07, 6.45) is 1.20. The predicted octanol–water partition coefficient (Wildman–Crippen LogP) is 1.08. The van der Waals surface area contributed by atoms with Crippen molar-refractivity contribution < 1.29 is 4.74 Å². The van der Waals surface area contributed by atoms with Crippen LogP contribution in [0, 0.1) is 5.92 Å². The third-order valence-electron chi connectivity index (χ3n) is 2.85. The summed E-state index contributed by atoms with van der Waals surface area (Å²) < 4.78 is 5.66. The SMILES string of the molecule is CC(CN)CCN1CCOC(C)(C)C1. The van der Waals surface area contributed by atoms with Crippen molar-refractivity contribution in [3.8, 4) is 0 Å². The molecule has 0 aromatic carbocycles. The van der Waals surface area contributed by atoms with Gasteiger partial charge in [0.05, 0.1) is 12.2 Å². The van der Waals surface area contributed by atoms with Crippen LogP contribution < -0.4 is 5.73 Å². The first-order valence-corrected chi connectivity index (χ1v) is 5.60. The Kier molecular flexibility index (Phi) is 4.35. The zero-order chi connectivity index (χ0) is 10.6. The number of rotatable bonds is 4. The molecular formula is C11H24N2O. The van der Waals surface area contributed by atoms with E-state index in [0.717, 1.165) is 32.8 Å². The number of ether oxygens (including phenoxy) is 1. The standard InChI is InChI=1S/C11H24N2O/c1-10(8-12)4-5-13-6-7-14-11(2,3)9-13/h10H,4-9,12H2,1-3H3. The fraction of sp³-hybridized carbons (Fsp3) is 1.00. The highest BCUT2D eigenvalue weighted by molar-refractivity contribution is 4.79. The molecule has 2 N–H and O–H groups in total. The summed E-state index contributed by atoms with van der Waals surface area (Å²) in [7, 11) is 0. The van der Waals surface area contributed by atoms with Crippen LogP contribution in [-0.4, -0.2) is 43.3 Å². The lowest BCUT2D eigenvalue weighted by Gasteiger charge is -2.38. The van der Waals surface area contributed by atoms with Gasteiger partial charge in [-0.05, 0) is 39.3 Å². The van der Waals surface area contributed by atoms with Crippen molar-refractivity contribution in [1.82, 2.24) is 4.90 Å². The molecule has 0 amide bonds. The van der Waals surface area contributed by atoms with Gasteiger partial charge in [0, 0.05) is 13.1 Å². The summed E-state index contributed by atoms with van der Waals surface area (Å²) in [4.78, 5) is 2.48. The van der Waals surface area contributed by atoms with Gasteiger partial charge in [0.1, 0.15) is 0 Å². The summed E-state index contributed by atoms with van der Waals surface area (Å²) in [5, 5.41) is 0. The van der Waals surface area contributed by atoms with Crippen LogP contribution in [0.2, 0.25) is 0 Å². The summed E-state index contributed by atoms with van der Waals surface area (Å²) in [5.74, 6) is 0.640. The number of hydrogen-bond acceptors (Lipinski definition) is 3. The first-order chi connectivity index (χ1) is 6.53. The van der Waals surface area contributed by atoms with Crippen molar-refractivity contribution in [1.29, 1.82) is 0 Å². The molecule has 0 aromatic heterocycles. The van der Waals surface area contributed by atoms with Crippen LogP contribution in [0.1, 0.15) is 27.2 Å². The molecule has 3 nitrogen and oxygen atoms in total. The van der Waals surface area contributed by atoms with E-state index in [1.165, 1.54) is 6.42 Å². The molecular weight excluding hydrogens is 176 g/mol. The van der Waals surface area contributed by atoms with Crippen LogP contribution >= 0.6 is 0 Å². The zero-order valence-corrected chi connectivity index (χ0v) is 9.75. The third-order valence-corrected chi connectivity index (χ3v) is 2.85. The van der Waals surface area contributed by atoms with Gasteiger partial charge < -0.3 is 10.5 Å². The molecule has 0 radical (unpaired) electrons. The van der Waals surface area contributed by atoms with Gasteiger partial charge in [-0.2, -0.15) is 0 Å². The Hall–Kier alpha value is -0.120. The van der Waals surface area contributed by atoms with Crippen molar-refractivity contribution in [2.24, 2.45) is 11.7 Å². The minimum atomic E-state index is 0.0319. The van der Waals surface area contributed by atoms with Gasteiger partial charge in [-0.3, -0.25) is 4.90 Å². The van der Waals surface area contributed by atoms with E-state index < -0.39 is 0 Å². The molecule has 3 heteroatoms. The minimum Gasteiger partial charge on any atom is -0.373 e. The van der Waals surface area contributed by atoms with Gasteiger partial charge in [-0.15, -0.1) is 0 Å². The average molecular weight is 200 g/mol. The molecule has 0 spiro atoms. The fourth-order valence-electron chi connectivity index (χ4n) is 1.83. The second kappa shape index (κ2) is 5.10. The Morgan fingerprint density at radius 3 is 2.79 bits per heavy atom. The van der Waals surface area contributed by atoms with Crippen LogP contribution in [0.15, 0.2) is 0 Å². The van der Waals surface area contributed by atoms with Crippen molar-refractivity contribution in [3.63, 3.8) is 0 Å². The molecule has 1 heterocycles. The Morgan fingerprint density at radius 1 is 1.50 bits per heavy atom. The molecule has 1 unspecified atom stereocenters. The second-order valence-corrected chi connectivity index (χ2v) is 5.01. The molecule has 84 valence electrons. The van der Waals surface area contributed by atoms with Gasteiger partial charge >= 0.3 is 0 Å². The molecule has 1 aliphatic heterocycles. The van der Waals surface area contributed by atoms with Gasteiger partial charge in [-0.1, -0.05) is 6.92 Å². The Balaban J connectivity index is 2.24. The second-order valence-electron chi connectivity index (χ2n) is 5.01. The van der Waals surface area contributed by atoms with Crippen molar-refractivity contribution in [3.05, 3.63) is 0 Å². The first kappa shape index (κ1) is 12.0. The van der Waals surface area contributed by atoms with Crippen LogP contribution in [-0.2, 0) is 4.74 Å². The van der Waals surface area contributed by atoms with Gasteiger partial charge in [0.15, 0.2) is 0 Å². The van der Waals surface area contributed by atoms with Crippen LogP contribution in [0.4, 0.5) is 0 Å². The highest BCUT2D eigenvalue weighted by atomic mass is 16.5. The van der Waals surface area contributed by atoms with E-state index in [-0.39, 0.29) is 5.60 Å². The molecule has 14 heavy (non-hydrogen) atoms. The lowest BCUT2D eigenvalue weighted by molar-refractivity contribution is -0.0866. The maximum atomic E-state index is 5.66. The highest BCUT2D eigenvalue weighted by Gasteiger charge is 2.26. The van der Waals surface area contributed by atoms with Gasteiger partial charge in [-0.25, -0.2) is 0 Å². The topological polar surface area (TPSA) is 38.5 Å². The molecule has 0 bridgehead atoms. The van der Waals surface area contributed by atoms with E-state index in [4.69, 9.17) is 10.5 Å². The zero-order valence-electron chi connectivity index (χ0n) is 9.75. The molecule has 1 aliphatic rings. The summed E-state index contributed by atoms with van der Waals surface area (Å²) in [6.45, 7) is 11.5. The monoisotopic (exact) mass is 200 g/mol. The maximum absolute atomic E-state index is 5.66. The summed E-state index contributed by atoms with van der Waals surface area (Å²) in [6, 6.07) is 0. The van der Waals surface area contributed by atoms with E-state index in [1.54, 1.807) is 0 Å². The summed E-state index contributed by atoms with van der Waals surface area (Å²) >= 11 is 0. The predicted molar refractivity (Wildman–Crippen MR) is 59.3 cm³/mol. The maximum Gasteiger partial charge on any atom is 0.0753 e. The summed E-state index contributed by atoms with van der Waals surface area (Å²) in [5.41, 5.74) is 5.63. The first-order valence-electron chi connectivity index (χ1n) is 5.60. The Bertz CT molecular complexity index is 171. The van der Waals surface area contributed by atoms with Crippen molar-refractivity contribution in [2.45, 2.75) is 32.8 Å². The third kappa shape index (κ3) is 3.95. The lowest BCUT2D eigenvalue weighted by atomic mass is 10.0. The molecule has 1 rings (SSSR count). The smallest absolute Gasteiger partial charge is 0.0753 e. The molecule has 0 aliphatic carbocycles. The lowest BCUT2D eigenvalue weighted by Crippen LogP contribution is -2.48. The Labute approximate surface area is 87.6 Å². The number of hydrogen-bond donors (Lipinski definition) is 1. The van der Waals surface area contributed by atoms with Crippen LogP contribution in [0.3, 0.4) is 0 Å². The number of nitrogens with zero attached hydrogens (tertiary/aromatic N) is 1. The van der Waals surface area contributed by atoms with E-state index >= 15 is 0 Å². The molecule has 1 saturated heterocycles. The van der Waals surface area contributed by atoms with Crippen molar-refractivity contribution in [2.75, 3.05) is 32.8 Å². The molecule has 0 saturated carbocycles. The number of morpholine rings is 1. The molecule has 0 aromatic rings. The number of nitrogens with two attached hydrogens (primary N) is 1. The van der Waals surface area contributed by atoms with E-state index in [2.05, 4.69) is 25.7 Å². The van der Waals surface area contributed by atoms with Crippen LogP contribution in [0.25, 0.3) is 0 Å².